The van der Waals surface area contributed by atoms with Crippen molar-refractivity contribution in [1.29, 1.82) is 0 Å². The van der Waals surface area contributed by atoms with E-state index in [2.05, 4.69) is 181 Å². The van der Waals surface area contributed by atoms with E-state index in [4.69, 9.17) is 0 Å². The molecule has 0 unspecified atom stereocenters. The van der Waals surface area contributed by atoms with Crippen molar-refractivity contribution < 1.29 is 4.39 Å². The zero-order chi connectivity index (χ0) is 35.2. The maximum atomic E-state index is 16.6. The molecule has 2 nitrogen and oxygen atoms in total. The summed E-state index contributed by atoms with van der Waals surface area (Å²) in [4.78, 5) is 4.49. The Kier molecular flexibility index (Phi) is 7.70. The molecule has 0 saturated carbocycles. The molecule has 0 spiro atoms. The summed E-state index contributed by atoms with van der Waals surface area (Å²) in [6.45, 7) is 4.49. The predicted molar refractivity (Wildman–Crippen MR) is 216 cm³/mol. The van der Waals surface area contributed by atoms with Gasteiger partial charge in [0.25, 0.3) is 0 Å². The van der Waals surface area contributed by atoms with Crippen molar-refractivity contribution in [1.82, 2.24) is 0 Å². The lowest BCUT2D eigenvalue weighted by Gasteiger charge is -2.42. The molecule has 9 rings (SSSR count). The molecule has 3 heteroatoms. The molecule has 0 amide bonds. The molecule has 0 fully saturated rings. The Morgan fingerprint density at radius 2 is 0.981 bits per heavy atom. The number of fused-ring (bicyclic) bond motifs is 3. The normalized spacial score (nSPS) is 13.0. The molecule has 1 aliphatic rings. The van der Waals surface area contributed by atoms with Gasteiger partial charge in [0.15, 0.2) is 0 Å². The fourth-order valence-electron chi connectivity index (χ4n) is 7.85. The monoisotopic (exact) mass is 672 g/mol. The van der Waals surface area contributed by atoms with Crippen LogP contribution in [-0.2, 0) is 5.41 Å². The van der Waals surface area contributed by atoms with E-state index in [1.165, 1.54) is 16.7 Å². The van der Waals surface area contributed by atoms with E-state index >= 15 is 4.39 Å². The smallest absolute Gasteiger partial charge is 0.133 e. The van der Waals surface area contributed by atoms with Crippen molar-refractivity contribution in [2.45, 2.75) is 19.3 Å². The number of rotatable bonds is 6. The van der Waals surface area contributed by atoms with E-state index in [1.807, 2.05) is 24.3 Å². The van der Waals surface area contributed by atoms with Crippen molar-refractivity contribution in [2.24, 2.45) is 0 Å². The highest BCUT2D eigenvalue weighted by atomic mass is 19.1. The van der Waals surface area contributed by atoms with Crippen LogP contribution in [-0.4, -0.2) is 0 Å². The van der Waals surface area contributed by atoms with E-state index in [-0.39, 0.29) is 11.2 Å². The fraction of sp³-hybridized carbons (Fsp3) is 0.0612. The average Bonchev–Trinajstić information content (AvgIpc) is 3.19. The molecule has 0 aliphatic carbocycles. The Hall–Kier alpha value is -6.45. The van der Waals surface area contributed by atoms with Gasteiger partial charge in [-0.15, -0.1) is 0 Å². The Balaban J connectivity index is 1.13. The van der Waals surface area contributed by atoms with Gasteiger partial charge in [-0.25, -0.2) is 4.39 Å². The van der Waals surface area contributed by atoms with Gasteiger partial charge in [-0.3, -0.25) is 0 Å². The molecule has 250 valence electrons. The van der Waals surface area contributed by atoms with E-state index in [0.717, 1.165) is 56.0 Å². The van der Waals surface area contributed by atoms with Gasteiger partial charge >= 0.3 is 0 Å². The largest absolute Gasteiger partial charge is 0.311 e. The summed E-state index contributed by atoms with van der Waals surface area (Å²) in [6, 6.07) is 64.8. The third-order valence-electron chi connectivity index (χ3n) is 10.5. The zero-order valence-electron chi connectivity index (χ0n) is 29.2. The summed E-state index contributed by atoms with van der Waals surface area (Å²) < 4.78 is 16.6. The van der Waals surface area contributed by atoms with Crippen LogP contribution in [0.2, 0.25) is 0 Å². The molecular weight excluding hydrogens is 636 g/mol. The van der Waals surface area contributed by atoms with Crippen LogP contribution >= 0.6 is 0 Å². The highest BCUT2D eigenvalue weighted by Gasteiger charge is 2.38. The summed E-state index contributed by atoms with van der Waals surface area (Å²) in [7, 11) is 0. The minimum atomic E-state index is -0.356. The van der Waals surface area contributed by atoms with Crippen molar-refractivity contribution in [3.8, 4) is 22.3 Å². The maximum Gasteiger partial charge on any atom is 0.133 e. The number of hydrogen-bond acceptors (Lipinski definition) is 2. The topological polar surface area (TPSA) is 6.48 Å². The van der Waals surface area contributed by atoms with Gasteiger partial charge in [-0.1, -0.05) is 141 Å². The van der Waals surface area contributed by atoms with Crippen LogP contribution in [0.1, 0.15) is 25.0 Å². The van der Waals surface area contributed by atoms with Crippen LogP contribution in [0.15, 0.2) is 188 Å². The minimum Gasteiger partial charge on any atom is -0.311 e. The Morgan fingerprint density at radius 3 is 1.71 bits per heavy atom. The first-order chi connectivity index (χ1) is 25.5. The number of para-hydroxylation sites is 2. The summed E-state index contributed by atoms with van der Waals surface area (Å²) in [5, 5.41) is 2.28. The third kappa shape index (κ3) is 5.34. The Morgan fingerprint density at radius 1 is 0.442 bits per heavy atom. The summed E-state index contributed by atoms with van der Waals surface area (Å²) in [6.07, 6.45) is 0. The fourth-order valence-corrected chi connectivity index (χ4v) is 7.85. The highest BCUT2D eigenvalue weighted by molar-refractivity contribution is 6.01. The van der Waals surface area contributed by atoms with E-state index in [1.54, 1.807) is 6.07 Å². The lowest BCUT2D eigenvalue weighted by molar-refractivity contribution is 0.611. The lowest BCUT2D eigenvalue weighted by atomic mass is 9.72. The SMILES string of the molecule is CC1(C)c2ccccc2N(c2cccc3ccccc23)c2cc(F)c(-c3ccc(N(c4ccccc4)c4ccc(-c5ccccc5)cc4)cc3)cc21. The van der Waals surface area contributed by atoms with Gasteiger partial charge in [0.05, 0.1) is 17.1 Å². The quantitative estimate of drug-likeness (QED) is 0.173. The van der Waals surface area contributed by atoms with Crippen molar-refractivity contribution in [3.63, 3.8) is 0 Å². The minimum absolute atomic E-state index is 0.247. The Labute approximate surface area is 304 Å². The van der Waals surface area contributed by atoms with E-state index in [0.29, 0.717) is 5.56 Å². The highest BCUT2D eigenvalue weighted by Crippen LogP contribution is 2.54. The molecular formula is C49H37FN2. The second-order valence-corrected chi connectivity index (χ2v) is 14.0. The zero-order valence-corrected chi connectivity index (χ0v) is 29.2. The van der Waals surface area contributed by atoms with Gasteiger partial charge in [-0.05, 0) is 93.9 Å². The molecule has 8 aromatic rings. The predicted octanol–water partition coefficient (Wildman–Crippen LogP) is 13.9. The van der Waals surface area contributed by atoms with Crippen LogP contribution in [0, 0.1) is 5.82 Å². The van der Waals surface area contributed by atoms with Crippen LogP contribution < -0.4 is 9.80 Å². The summed E-state index contributed by atoms with van der Waals surface area (Å²) >= 11 is 0. The van der Waals surface area contributed by atoms with E-state index < -0.39 is 0 Å². The molecule has 0 atom stereocenters. The number of benzene rings is 8. The number of hydrogen-bond donors (Lipinski definition) is 0. The molecule has 0 radical (unpaired) electrons. The number of halogens is 1. The van der Waals surface area contributed by atoms with Gasteiger partial charge < -0.3 is 9.80 Å². The van der Waals surface area contributed by atoms with Crippen LogP contribution in [0.3, 0.4) is 0 Å². The van der Waals surface area contributed by atoms with Gasteiger partial charge in [0.1, 0.15) is 5.82 Å². The first kappa shape index (κ1) is 31.5. The molecule has 0 bridgehead atoms. The summed E-state index contributed by atoms with van der Waals surface area (Å²) in [5.41, 5.74) is 11.8. The second kappa shape index (κ2) is 12.7. The average molecular weight is 673 g/mol. The van der Waals surface area contributed by atoms with Crippen LogP contribution in [0.4, 0.5) is 38.5 Å². The van der Waals surface area contributed by atoms with Crippen LogP contribution in [0.5, 0.6) is 0 Å². The molecule has 52 heavy (non-hydrogen) atoms. The molecule has 8 aromatic carbocycles. The third-order valence-corrected chi connectivity index (χ3v) is 10.5. The molecule has 0 saturated heterocycles. The molecule has 1 heterocycles. The second-order valence-electron chi connectivity index (χ2n) is 14.0. The summed E-state index contributed by atoms with van der Waals surface area (Å²) in [5.74, 6) is -0.247. The maximum absolute atomic E-state index is 16.6. The molecule has 0 N–H and O–H groups in total. The van der Waals surface area contributed by atoms with E-state index in [9.17, 15) is 0 Å². The molecule has 0 aromatic heterocycles. The standard InChI is InChI=1S/C49H37FN2/c1-49(2)43-21-11-12-22-47(43)52(46-23-13-17-36-16-9-10-20-41(36)46)48-33-45(50)42(32-44(48)49)37-26-30-40(31-27-37)51(38-18-7-4-8-19-38)39-28-24-35(25-29-39)34-14-5-3-6-15-34/h3-33H,1-2H3. The lowest BCUT2D eigenvalue weighted by Crippen LogP contribution is -2.31. The van der Waals surface area contributed by atoms with Crippen molar-refractivity contribution in [3.05, 3.63) is 205 Å². The van der Waals surface area contributed by atoms with Crippen molar-refractivity contribution >= 4 is 44.9 Å². The number of nitrogens with zero attached hydrogens (tertiary/aromatic N) is 2. The Bertz CT molecular complexity index is 2530. The van der Waals surface area contributed by atoms with Crippen LogP contribution in [0.25, 0.3) is 33.0 Å². The molecule has 1 aliphatic heterocycles. The number of anilines is 6. The first-order valence-electron chi connectivity index (χ1n) is 17.8. The van der Waals surface area contributed by atoms with Gasteiger partial charge in [-0.2, -0.15) is 0 Å². The van der Waals surface area contributed by atoms with Gasteiger partial charge in [0, 0.05) is 33.4 Å². The van der Waals surface area contributed by atoms with Gasteiger partial charge in [0.2, 0.25) is 0 Å². The first-order valence-corrected chi connectivity index (χ1v) is 17.8. The van der Waals surface area contributed by atoms with Crippen molar-refractivity contribution in [2.75, 3.05) is 9.80 Å².